The number of phenolic OH excluding ortho intramolecular Hbond substituents is 2. The second-order valence-corrected chi connectivity index (χ2v) is 32.7. The monoisotopic (exact) mass is 1790 g/mol. The molecule has 0 fully saturated rings. The molecule has 12 aromatic rings. The fourth-order valence-corrected chi connectivity index (χ4v) is 15.2. The van der Waals surface area contributed by atoms with Gasteiger partial charge in [-0.15, -0.1) is 0 Å². The first-order valence-electron chi connectivity index (χ1n) is 38.1. The third kappa shape index (κ3) is 26.5. The summed E-state index contributed by atoms with van der Waals surface area (Å²) < 4.78 is 88.3. The molecule has 0 amide bonds. The molecule has 43 heteroatoms. The maximum absolute atomic E-state index is 11.8. The van der Waals surface area contributed by atoms with Gasteiger partial charge in [0.25, 0.3) is 0 Å². The summed E-state index contributed by atoms with van der Waals surface area (Å²) in [6, 6.07) is 29.2. The lowest BCUT2D eigenvalue weighted by molar-refractivity contribution is 0.145. The Morgan fingerprint density at radius 3 is 1.05 bits per heavy atom. The molecule has 0 aliphatic heterocycles. The fraction of sp³-hybridized carbons (Fsp3) is 0.346. The number of phosphoric ester groups is 4. The van der Waals surface area contributed by atoms with Crippen molar-refractivity contribution in [1.82, 2.24) is 43.6 Å². The second-order valence-electron chi connectivity index (χ2n) is 27.5. The number of aliphatic imine (C=N–C) groups is 3. The Balaban J connectivity index is 0.000000191. The van der Waals surface area contributed by atoms with Crippen LogP contribution in [0.5, 0.6) is 34.5 Å². The van der Waals surface area contributed by atoms with Crippen molar-refractivity contribution in [1.29, 1.82) is 0 Å². The number of anilines is 3. The Morgan fingerprint density at radius 1 is 0.388 bits per heavy atom. The number of hydrogen-bond acceptors (Lipinski definition) is 28. The molecule has 6 aromatic heterocycles. The highest BCUT2D eigenvalue weighted by atomic mass is 32.1. The SMILES string of the molecule is CCCCc1nc2c(N)nc3ccc(CCOCCN=C=S)cc3c2n1Cc1cc(O)ccc1OP(=O)(O)O.CCCCc1nc2c(N)nc3ccc(CCOCCN=C=S)cc3c2n1Cc1cc(OP(=O)(O)O)ccc1O.CCCCc1nc2c(N)nc3ccc(CCOCCN=C=S)cc3c2n1Cc1cc(OP(=O)(O)O)ccc1OP(=O)(O)O. The fourth-order valence-electron chi connectivity index (χ4n) is 13.3. The second kappa shape index (κ2) is 43.2. The average molecular weight is 1790 g/mol. The van der Waals surface area contributed by atoms with Gasteiger partial charge in [0.2, 0.25) is 0 Å². The number of isothiocyanates is 3. The molecular weight excluding hydrogens is 1700 g/mol. The maximum Gasteiger partial charge on any atom is 0.524 e. The minimum absolute atomic E-state index is 0.0356. The number of aromatic hydroxyl groups is 2. The summed E-state index contributed by atoms with van der Waals surface area (Å²) in [5, 5.41) is 30.1. The highest BCUT2D eigenvalue weighted by Gasteiger charge is 2.28. The van der Waals surface area contributed by atoms with Crippen LogP contribution in [0.1, 0.15) is 110 Å². The van der Waals surface area contributed by atoms with Crippen LogP contribution in [0, 0.1) is 0 Å². The molecule has 0 aliphatic carbocycles. The molecule has 0 aliphatic rings. The van der Waals surface area contributed by atoms with E-state index in [-0.39, 0.29) is 71.3 Å². The van der Waals surface area contributed by atoms with Crippen molar-refractivity contribution in [3.63, 3.8) is 0 Å². The van der Waals surface area contributed by atoms with Gasteiger partial charge in [-0.2, -0.15) is 0 Å². The number of phenols is 2. The number of nitrogens with two attached hydrogens (primary N) is 3. The summed E-state index contributed by atoms with van der Waals surface area (Å²) in [5.41, 5.74) is 28.7. The number of rotatable bonds is 41. The van der Waals surface area contributed by atoms with Gasteiger partial charge in [0.15, 0.2) is 17.5 Å². The Labute approximate surface area is 709 Å². The third-order valence-corrected chi connectivity index (χ3v) is 20.8. The molecule has 0 radical (unpaired) electrons. The van der Waals surface area contributed by atoms with E-state index in [4.69, 9.17) is 64.5 Å². The van der Waals surface area contributed by atoms with Crippen LogP contribution < -0.4 is 35.3 Å². The number of benzene rings is 6. The normalized spacial score (nSPS) is 11.8. The highest BCUT2D eigenvalue weighted by Crippen LogP contribution is 2.46. The number of aromatic nitrogens is 9. The van der Waals surface area contributed by atoms with Crippen LogP contribution in [-0.4, -0.2) is 168 Å². The van der Waals surface area contributed by atoms with Crippen molar-refractivity contribution in [2.45, 2.75) is 117 Å². The number of hydrogen-bond donors (Lipinski definition) is 13. The van der Waals surface area contributed by atoms with Crippen LogP contribution in [0.25, 0.3) is 65.8 Å². The Bertz CT molecular complexity index is 6080. The van der Waals surface area contributed by atoms with Crippen molar-refractivity contribution in [3.05, 3.63) is 160 Å². The first kappa shape index (κ1) is 93.3. The lowest BCUT2D eigenvalue weighted by atomic mass is 10.1. The summed E-state index contributed by atoms with van der Waals surface area (Å²) >= 11 is 13.7. The summed E-state index contributed by atoms with van der Waals surface area (Å²) in [6.07, 6.45) is 9.11. The van der Waals surface area contributed by atoms with Crippen LogP contribution in [-0.2, 0) is 90.6 Å². The largest absolute Gasteiger partial charge is 0.524 e. The molecule has 12 rings (SSSR count). The molecule has 0 atom stereocenters. The molecule has 0 saturated carbocycles. The zero-order valence-electron chi connectivity index (χ0n) is 65.9. The van der Waals surface area contributed by atoms with E-state index < -0.39 is 31.3 Å². The van der Waals surface area contributed by atoms with Gasteiger partial charge in [-0.25, -0.2) is 63.1 Å². The minimum atomic E-state index is -4.99. The summed E-state index contributed by atoms with van der Waals surface area (Å²) in [7, 11) is -19.5. The lowest BCUT2D eigenvalue weighted by Gasteiger charge is -2.17. The first-order valence-corrected chi connectivity index (χ1v) is 45.5. The zero-order valence-corrected chi connectivity index (χ0v) is 72.0. The van der Waals surface area contributed by atoms with Crippen molar-refractivity contribution in [2.24, 2.45) is 15.0 Å². The van der Waals surface area contributed by atoms with E-state index >= 15 is 0 Å². The predicted molar refractivity (Wildman–Crippen MR) is 468 cm³/mol. The van der Waals surface area contributed by atoms with Crippen LogP contribution in [0.2, 0.25) is 0 Å². The number of pyridine rings is 3. The van der Waals surface area contributed by atoms with E-state index in [0.717, 1.165) is 100 Å². The van der Waals surface area contributed by atoms with Crippen molar-refractivity contribution in [2.75, 3.05) is 76.5 Å². The molecule has 6 heterocycles. The first-order chi connectivity index (χ1) is 57.8. The molecule has 0 unspecified atom stereocenters. The minimum Gasteiger partial charge on any atom is -0.508 e. The van der Waals surface area contributed by atoms with Crippen molar-refractivity contribution in [3.8, 4) is 34.5 Å². The topological polar surface area (TPSA) is 542 Å². The summed E-state index contributed by atoms with van der Waals surface area (Å²) in [4.78, 5) is 115. The van der Waals surface area contributed by atoms with Crippen LogP contribution >= 0.6 is 67.9 Å². The van der Waals surface area contributed by atoms with Crippen LogP contribution in [0.4, 0.5) is 17.5 Å². The molecular formula is C78H91N15O21P4S3. The number of aryl methyl sites for hydroxylation is 3. The number of fused-ring (bicyclic) bond motifs is 9. The van der Waals surface area contributed by atoms with E-state index in [1.807, 2.05) is 75.2 Å². The Hall–Kier alpha value is -9.96. The average Bonchev–Trinajstić information content (AvgIpc) is 1.65. The van der Waals surface area contributed by atoms with Crippen molar-refractivity contribution >= 4 is 167 Å². The van der Waals surface area contributed by atoms with Gasteiger partial charge < -0.3 is 73.4 Å². The van der Waals surface area contributed by atoms with Gasteiger partial charge in [-0.1, -0.05) is 58.2 Å². The smallest absolute Gasteiger partial charge is 0.508 e. The van der Waals surface area contributed by atoms with Gasteiger partial charge in [0.1, 0.15) is 68.5 Å². The van der Waals surface area contributed by atoms with Gasteiger partial charge >= 0.3 is 31.3 Å². The summed E-state index contributed by atoms with van der Waals surface area (Å²) in [5.74, 6) is 2.32. The van der Waals surface area contributed by atoms with Crippen molar-refractivity contribution < 1.29 is 99.9 Å². The number of nitrogen functional groups attached to an aromatic ring is 3. The standard InChI is InChI=1S/C26H31N5O9P2S.2C26H30N5O6PS/c1-2-3-4-23-30-24-25(20-13-17(5-7-21(20)29-26(24)27)9-11-38-12-10-28-16-43)31(23)15-18-14-19(39-41(32,33)34)6-8-22(18)40-42(35,36)37;1-2-3-4-23-30-24-25(31(23)15-18-14-19(6-8-22(18)32)37-38(33,34)35)20-13-17(5-7-21(20)29-26(24)27)9-11-36-12-10-28-16-39;1-2-3-4-23-30-24-25(31(23)15-18-14-19(32)6-8-22(18)37-38(33,34)35)20-13-17(5-7-21(20)29-26(24)27)9-11-36-12-10-28-16-39/h5-8,13-14H,2-4,9-12,15H2,1H3,(H2,27,29)(H2,32,33,34)(H2,35,36,37);2*5-8,13-14,32H,2-4,9-12,15H2,1H3,(H2,27,29)(H2,33,34,35). The lowest BCUT2D eigenvalue weighted by Crippen LogP contribution is -2.08. The number of unbranched alkanes of at least 4 members (excludes halogenated alkanes) is 3. The van der Waals surface area contributed by atoms with Gasteiger partial charge in [0.05, 0.1) is 127 Å². The molecule has 36 nitrogen and oxygen atoms in total. The zero-order chi connectivity index (χ0) is 87.2. The maximum atomic E-state index is 11.8. The van der Waals surface area contributed by atoms with Gasteiger partial charge in [-0.05, 0) is 183 Å². The number of thiocarbonyl (C=S) groups is 3. The van der Waals surface area contributed by atoms with E-state index in [1.165, 1.54) is 48.5 Å². The molecule has 0 saturated heterocycles. The molecule has 16 N–H and O–H groups in total. The predicted octanol–water partition coefficient (Wildman–Crippen LogP) is 13.0. The number of ether oxygens (including phenoxy) is 3. The molecule has 121 heavy (non-hydrogen) atoms. The highest BCUT2D eigenvalue weighted by molar-refractivity contribution is 7.78. The van der Waals surface area contributed by atoms with E-state index in [9.17, 15) is 67.6 Å². The number of nitrogens with zero attached hydrogens (tertiary/aromatic N) is 12. The van der Waals surface area contributed by atoms with E-state index in [0.29, 0.717) is 159 Å². The molecule has 6 aromatic carbocycles. The summed E-state index contributed by atoms with van der Waals surface area (Å²) in [6.45, 7) is 10.6. The van der Waals surface area contributed by atoms with E-state index in [1.54, 1.807) is 0 Å². The van der Waals surface area contributed by atoms with Crippen LogP contribution in [0.15, 0.2) is 124 Å². The Kier molecular flexibility index (Phi) is 33.3. The van der Waals surface area contributed by atoms with E-state index in [2.05, 4.69) is 95.9 Å². The quantitative estimate of drug-likeness (QED) is 0.00732. The number of phosphoric acid groups is 4. The molecule has 0 bridgehead atoms. The Morgan fingerprint density at radius 2 is 0.711 bits per heavy atom. The third-order valence-electron chi connectivity index (χ3n) is 18.6. The van der Waals surface area contributed by atoms with Crippen LogP contribution in [0.3, 0.4) is 0 Å². The molecule has 642 valence electrons. The van der Waals surface area contributed by atoms with Gasteiger partial charge in [-0.3, -0.25) is 39.1 Å². The molecule has 0 spiro atoms. The van der Waals surface area contributed by atoms with Gasteiger partial charge in [0, 0.05) is 52.1 Å². The number of imidazole rings is 3.